The van der Waals surface area contributed by atoms with Crippen molar-refractivity contribution in [1.29, 1.82) is 0 Å². The molecule has 0 bridgehead atoms. The van der Waals surface area contributed by atoms with Crippen LogP contribution in [-0.2, 0) is 23.1 Å². The summed E-state index contributed by atoms with van der Waals surface area (Å²) >= 11 is 0. The summed E-state index contributed by atoms with van der Waals surface area (Å²) in [5, 5.41) is 8.61. The highest BCUT2D eigenvalue weighted by Gasteiger charge is 2.30. The Kier molecular flexibility index (Phi) is 7.21. The largest absolute Gasteiger partial charge is 0.344 e. The van der Waals surface area contributed by atoms with Crippen LogP contribution in [0.4, 0.5) is 5.82 Å². The van der Waals surface area contributed by atoms with Crippen molar-refractivity contribution in [1.82, 2.24) is 29.2 Å². The fourth-order valence-corrected chi connectivity index (χ4v) is 6.73. The Morgan fingerprint density at radius 1 is 1.12 bits per heavy atom. The Hall–Kier alpha value is -4.99. The van der Waals surface area contributed by atoms with Crippen LogP contribution in [-0.4, -0.2) is 40.0 Å². The van der Waals surface area contributed by atoms with Crippen molar-refractivity contribution in [2.75, 3.05) is 11.3 Å². The molecule has 3 aromatic heterocycles. The molecule has 5 aromatic rings. The summed E-state index contributed by atoms with van der Waals surface area (Å²) in [5.74, 6) is 1.90. The van der Waals surface area contributed by atoms with E-state index in [1.807, 2.05) is 42.5 Å². The quantitative estimate of drug-likeness (QED) is 0.235. The van der Waals surface area contributed by atoms with E-state index in [1.165, 1.54) is 10.7 Å². The first-order chi connectivity index (χ1) is 20.7. The number of aryl methyl sites for hydroxylation is 2. The highest BCUT2D eigenvalue weighted by Crippen LogP contribution is 2.35. The normalized spacial score (nSPS) is 13.5. The van der Waals surface area contributed by atoms with Crippen molar-refractivity contribution in [3.05, 3.63) is 99.2 Å². The third-order valence-corrected chi connectivity index (χ3v) is 8.68. The summed E-state index contributed by atoms with van der Waals surface area (Å²) in [4.78, 5) is 32.5. The zero-order valence-corrected chi connectivity index (χ0v) is 24.4. The number of amides is 1. The van der Waals surface area contributed by atoms with Crippen LogP contribution < -0.4 is 20.3 Å². The Morgan fingerprint density at radius 2 is 1.91 bits per heavy atom. The van der Waals surface area contributed by atoms with Crippen LogP contribution >= 0.6 is 0 Å². The monoisotopic (exact) mass is 595 g/mol. The summed E-state index contributed by atoms with van der Waals surface area (Å²) in [6, 6.07) is 14.0. The number of hydrogen-bond acceptors (Lipinski definition) is 6. The van der Waals surface area contributed by atoms with Gasteiger partial charge in [-0.15, -0.1) is 11.5 Å². The van der Waals surface area contributed by atoms with E-state index in [0.717, 1.165) is 29.4 Å². The van der Waals surface area contributed by atoms with Crippen molar-refractivity contribution in [3.8, 4) is 18.0 Å². The average molecular weight is 596 g/mol. The van der Waals surface area contributed by atoms with Gasteiger partial charge in [0.05, 0.1) is 17.1 Å². The average Bonchev–Trinajstić information content (AvgIpc) is 3.35. The number of fused-ring (bicyclic) bond motifs is 1. The van der Waals surface area contributed by atoms with Gasteiger partial charge in [0.25, 0.3) is 21.7 Å². The maximum Gasteiger partial charge on any atom is 0.300 e. The molecule has 1 aliphatic rings. The number of anilines is 1. The molecule has 0 radical (unpaired) electrons. The molecule has 0 aliphatic heterocycles. The van der Waals surface area contributed by atoms with Crippen molar-refractivity contribution in [3.63, 3.8) is 0 Å². The van der Waals surface area contributed by atoms with Gasteiger partial charge in [0, 0.05) is 30.2 Å². The molecule has 43 heavy (non-hydrogen) atoms. The topological polar surface area (TPSA) is 139 Å². The van der Waals surface area contributed by atoms with Gasteiger partial charge < -0.3 is 5.32 Å². The molecular weight excluding hydrogens is 566 g/mol. The Labute approximate surface area is 248 Å². The Bertz CT molecular complexity index is 2110. The van der Waals surface area contributed by atoms with Gasteiger partial charge in [-0.05, 0) is 67.0 Å². The molecule has 1 atom stereocenters. The third kappa shape index (κ3) is 4.92. The lowest BCUT2D eigenvalue weighted by atomic mass is 9.85. The predicted molar refractivity (Wildman–Crippen MR) is 165 cm³/mol. The second-order valence-electron chi connectivity index (χ2n) is 10.3. The summed E-state index contributed by atoms with van der Waals surface area (Å²) in [5.41, 5.74) is 3.62. The number of carbonyl (C=O) groups is 1. The van der Waals surface area contributed by atoms with E-state index < -0.39 is 22.2 Å². The zero-order chi connectivity index (χ0) is 30.3. The number of nitrogens with zero attached hydrogens (tertiary/aromatic N) is 4. The van der Waals surface area contributed by atoms with E-state index in [9.17, 15) is 18.0 Å². The van der Waals surface area contributed by atoms with E-state index in [0.29, 0.717) is 28.8 Å². The van der Waals surface area contributed by atoms with E-state index >= 15 is 0 Å². The molecule has 11 nitrogen and oxygen atoms in total. The fraction of sp³-hybridized carbons (Fsp3) is 0.226. The minimum atomic E-state index is -4.00. The minimum absolute atomic E-state index is 0.0488. The van der Waals surface area contributed by atoms with E-state index in [1.54, 1.807) is 30.7 Å². The zero-order valence-electron chi connectivity index (χ0n) is 23.6. The third-order valence-electron chi connectivity index (χ3n) is 7.55. The van der Waals surface area contributed by atoms with Crippen LogP contribution in [0.15, 0.2) is 65.7 Å². The van der Waals surface area contributed by atoms with Crippen molar-refractivity contribution < 1.29 is 13.2 Å². The number of carbonyl (C=O) groups excluding carboxylic acids is 1. The number of terminal acetylenes is 1. The lowest BCUT2D eigenvalue weighted by Crippen LogP contribution is -2.35. The van der Waals surface area contributed by atoms with Gasteiger partial charge in [-0.3, -0.25) is 18.9 Å². The lowest BCUT2D eigenvalue weighted by molar-refractivity contribution is 0.0941. The van der Waals surface area contributed by atoms with Crippen LogP contribution in [0.2, 0.25) is 0 Å². The number of para-hydroxylation sites is 1. The first-order valence-corrected chi connectivity index (χ1v) is 15.4. The molecule has 0 saturated carbocycles. The molecule has 0 unspecified atom stereocenters. The fourth-order valence-electron chi connectivity index (χ4n) is 5.88. The number of nitrogens with one attached hydrogen (secondary N) is 3. The van der Waals surface area contributed by atoms with Crippen molar-refractivity contribution in [2.24, 2.45) is 0 Å². The molecule has 1 aliphatic carbocycles. The Morgan fingerprint density at radius 3 is 2.65 bits per heavy atom. The highest BCUT2D eigenvalue weighted by atomic mass is 32.2. The van der Waals surface area contributed by atoms with Crippen molar-refractivity contribution in [2.45, 2.75) is 39.2 Å². The van der Waals surface area contributed by atoms with Gasteiger partial charge in [-0.2, -0.15) is 13.1 Å². The summed E-state index contributed by atoms with van der Waals surface area (Å²) in [6.07, 6.45) is 11.3. The molecular formula is C31H29N7O4S. The van der Waals surface area contributed by atoms with Gasteiger partial charge >= 0.3 is 0 Å². The summed E-state index contributed by atoms with van der Waals surface area (Å²) in [6.45, 7) is 3.58. The highest BCUT2D eigenvalue weighted by molar-refractivity contribution is 7.90. The van der Waals surface area contributed by atoms with E-state index in [2.05, 4.69) is 30.8 Å². The van der Waals surface area contributed by atoms with Gasteiger partial charge in [-0.1, -0.05) is 37.1 Å². The van der Waals surface area contributed by atoms with Crippen molar-refractivity contribution >= 4 is 38.4 Å². The van der Waals surface area contributed by atoms with Crippen LogP contribution in [0.25, 0.3) is 22.1 Å². The van der Waals surface area contributed by atoms with Crippen LogP contribution in [0.3, 0.4) is 0 Å². The van der Waals surface area contributed by atoms with E-state index in [-0.39, 0.29) is 29.1 Å². The molecule has 0 saturated heterocycles. The van der Waals surface area contributed by atoms with Crippen LogP contribution in [0, 0.1) is 12.3 Å². The summed E-state index contributed by atoms with van der Waals surface area (Å²) in [7, 11) is -4.00. The molecule has 218 valence electrons. The summed E-state index contributed by atoms with van der Waals surface area (Å²) < 4.78 is 32.8. The molecule has 0 spiro atoms. The molecule has 3 heterocycles. The van der Waals surface area contributed by atoms with Gasteiger partial charge in [-0.25, -0.2) is 9.50 Å². The van der Waals surface area contributed by atoms with Gasteiger partial charge in [0.15, 0.2) is 11.5 Å². The lowest BCUT2D eigenvalue weighted by Gasteiger charge is -2.28. The smallest absolute Gasteiger partial charge is 0.300 e. The number of aromatic nitrogens is 4. The molecule has 0 fully saturated rings. The first-order valence-electron chi connectivity index (χ1n) is 13.9. The maximum absolute atomic E-state index is 14.3. The standard InChI is InChI=1S/C31H29N7O4S/c1-4-20-15-16-21-11-9-14-23-24(21)25(20)31(40)38(22-12-7-6-8-13-22)27(23)19(3)34-30(39)26-28(36-43(41,42)33-5-2)35-37-18-10-17-32-29(26)37/h1,6-8,10,12-13,15-19,33H,5,9,11,14H2,2-3H3,(H,34,39)(H,35,36)/t19-/m1/s1. The second-order valence-corrected chi connectivity index (χ2v) is 11.8. The van der Waals surface area contributed by atoms with Crippen LogP contribution in [0.5, 0.6) is 0 Å². The minimum Gasteiger partial charge on any atom is -0.344 e. The molecule has 12 heteroatoms. The van der Waals surface area contributed by atoms with Gasteiger partial charge in [0.2, 0.25) is 0 Å². The molecule has 2 aromatic carbocycles. The molecule has 1 amide bonds. The number of pyridine rings is 1. The van der Waals surface area contributed by atoms with Gasteiger partial charge in [0.1, 0.15) is 5.56 Å². The maximum atomic E-state index is 14.3. The number of rotatable bonds is 8. The second kappa shape index (κ2) is 11.0. The number of benzene rings is 2. The van der Waals surface area contributed by atoms with E-state index in [4.69, 9.17) is 6.42 Å². The predicted octanol–water partition coefficient (Wildman–Crippen LogP) is 3.26. The first kappa shape index (κ1) is 28.1. The SMILES string of the molecule is C#Cc1ccc2c3c(c([C@@H](C)NC(=O)c4c(NS(=O)(=O)NCC)nn5cccnc45)n(-c4ccccc4)c(=O)c13)CCC2. The number of hydrogen-bond donors (Lipinski definition) is 3. The Balaban J connectivity index is 1.53. The molecule has 3 N–H and O–H groups in total. The van der Waals surface area contributed by atoms with Crippen LogP contribution in [0.1, 0.15) is 59.1 Å². The molecule has 6 rings (SSSR count).